The molecule has 15 heavy (non-hydrogen) atoms. The van der Waals surface area contributed by atoms with Gasteiger partial charge in [-0.25, -0.2) is 0 Å². The monoisotopic (exact) mass is 205 g/mol. The summed E-state index contributed by atoms with van der Waals surface area (Å²) in [7, 11) is 0. The third kappa shape index (κ3) is 3.19. The van der Waals surface area contributed by atoms with Gasteiger partial charge in [0.05, 0.1) is 5.54 Å². The summed E-state index contributed by atoms with van der Waals surface area (Å²) < 4.78 is 0. The molecule has 0 aliphatic rings. The van der Waals surface area contributed by atoms with Gasteiger partial charge < -0.3 is 10.2 Å². The van der Waals surface area contributed by atoms with Gasteiger partial charge in [0.2, 0.25) is 0 Å². The Balaban J connectivity index is 2.71. The Bertz CT molecular complexity index is 391. The third-order valence-corrected chi connectivity index (χ3v) is 2.15. The van der Waals surface area contributed by atoms with E-state index in [9.17, 15) is 5.11 Å². The van der Waals surface area contributed by atoms with Gasteiger partial charge in [-0.15, -0.1) is 6.42 Å². The van der Waals surface area contributed by atoms with E-state index in [1.165, 1.54) is 12.1 Å². The van der Waals surface area contributed by atoms with E-state index in [1.807, 2.05) is 13.8 Å². The van der Waals surface area contributed by atoms with Crippen LogP contribution in [0.3, 0.4) is 0 Å². The molecule has 3 nitrogen and oxygen atoms in total. The van der Waals surface area contributed by atoms with Gasteiger partial charge >= 0.3 is 0 Å². The summed E-state index contributed by atoms with van der Waals surface area (Å²) in [6, 6.07) is 4.49. The quantitative estimate of drug-likeness (QED) is 0.657. The van der Waals surface area contributed by atoms with Gasteiger partial charge in [-0.1, -0.05) is 12.0 Å². The summed E-state index contributed by atoms with van der Waals surface area (Å²) in [5.41, 5.74) is 0.292. The molecule has 0 atom stereocenters. The van der Waals surface area contributed by atoms with Gasteiger partial charge in [-0.05, 0) is 19.9 Å². The average molecular weight is 205 g/mol. The summed E-state index contributed by atoms with van der Waals surface area (Å²) >= 11 is 0. The van der Waals surface area contributed by atoms with Crippen LogP contribution in [0.4, 0.5) is 0 Å². The number of benzene rings is 1. The van der Waals surface area contributed by atoms with Crippen LogP contribution < -0.4 is 5.32 Å². The zero-order chi connectivity index (χ0) is 11.5. The van der Waals surface area contributed by atoms with Crippen LogP contribution in [0.15, 0.2) is 18.2 Å². The highest BCUT2D eigenvalue weighted by Gasteiger charge is 2.13. The van der Waals surface area contributed by atoms with Gasteiger partial charge in [-0.2, -0.15) is 0 Å². The van der Waals surface area contributed by atoms with Gasteiger partial charge in [0.1, 0.15) is 11.5 Å². The van der Waals surface area contributed by atoms with Crippen molar-refractivity contribution in [2.75, 3.05) is 0 Å². The van der Waals surface area contributed by atoms with Gasteiger partial charge in [0.25, 0.3) is 0 Å². The van der Waals surface area contributed by atoms with E-state index < -0.39 is 5.54 Å². The predicted molar refractivity (Wildman–Crippen MR) is 59.5 cm³/mol. The van der Waals surface area contributed by atoms with E-state index in [0.717, 1.165) is 0 Å². The molecule has 3 heteroatoms. The van der Waals surface area contributed by atoms with Crippen LogP contribution in [0.1, 0.15) is 19.4 Å². The van der Waals surface area contributed by atoms with Crippen molar-refractivity contribution >= 4 is 0 Å². The molecule has 1 aromatic carbocycles. The second-order valence-corrected chi connectivity index (χ2v) is 3.94. The molecule has 0 heterocycles. The van der Waals surface area contributed by atoms with Crippen LogP contribution in [-0.4, -0.2) is 15.8 Å². The van der Waals surface area contributed by atoms with E-state index in [1.54, 1.807) is 6.07 Å². The molecule has 1 rings (SSSR count). The third-order valence-electron chi connectivity index (χ3n) is 2.15. The molecule has 0 saturated heterocycles. The lowest BCUT2D eigenvalue weighted by Gasteiger charge is -2.19. The molecule has 0 radical (unpaired) electrons. The van der Waals surface area contributed by atoms with Gasteiger partial charge in [-0.3, -0.25) is 5.32 Å². The van der Waals surface area contributed by atoms with E-state index in [0.29, 0.717) is 12.1 Å². The second kappa shape index (κ2) is 4.24. The summed E-state index contributed by atoms with van der Waals surface area (Å²) in [5.74, 6) is 2.71. The molecule has 1 aromatic rings. The van der Waals surface area contributed by atoms with Crippen LogP contribution in [0, 0.1) is 12.3 Å². The molecule has 0 unspecified atom stereocenters. The highest BCUT2D eigenvalue weighted by molar-refractivity contribution is 5.39. The fourth-order valence-corrected chi connectivity index (χ4v) is 1.07. The molecule has 0 bridgehead atoms. The molecule has 0 amide bonds. The molecule has 80 valence electrons. The number of rotatable bonds is 3. The Labute approximate surface area is 89.8 Å². The van der Waals surface area contributed by atoms with E-state index in [4.69, 9.17) is 11.5 Å². The molecule has 0 saturated carbocycles. The van der Waals surface area contributed by atoms with Crippen LogP contribution in [0.2, 0.25) is 0 Å². The van der Waals surface area contributed by atoms with Crippen LogP contribution in [0.5, 0.6) is 11.5 Å². The standard InChI is InChI=1S/C12H15NO2/c1-4-12(2,3)13-8-9-5-6-10(14)7-11(9)15/h1,5-7,13-15H,8H2,2-3H3. The fourth-order valence-electron chi connectivity index (χ4n) is 1.07. The van der Waals surface area contributed by atoms with E-state index in [2.05, 4.69) is 11.2 Å². The Hall–Kier alpha value is -1.66. The van der Waals surface area contributed by atoms with Crippen molar-refractivity contribution in [3.8, 4) is 23.8 Å². The lowest BCUT2D eigenvalue weighted by molar-refractivity contribution is 0.435. The molecule has 0 spiro atoms. The normalized spacial score (nSPS) is 11.0. The Kier molecular flexibility index (Phi) is 3.23. The first-order chi connectivity index (χ1) is 6.94. The first-order valence-electron chi connectivity index (χ1n) is 4.68. The van der Waals surface area contributed by atoms with Crippen molar-refractivity contribution in [1.82, 2.24) is 5.32 Å². The minimum absolute atomic E-state index is 0.0486. The minimum Gasteiger partial charge on any atom is -0.508 e. The molecular formula is C12H15NO2. The maximum absolute atomic E-state index is 9.51. The van der Waals surface area contributed by atoms with Crippen molar-refractivity contribution in [1.29, 1.82) is 0 Å². The van der Waals surface area contributed by atoms with Gasteiger partial charge in [0, 0.05) is 18.2 Å². The van der Waals surface area contributed by atoms with Crippen LogP contribution in [0.25, 0.3) is 0 Å². The predicted octanol–water partition coefficient (Wildman–Crippen LogP) is 1.60. The number of aromatic hydroxyl groups is 2. The minimum atomic E-state index is -0.412. The first-order valence-corrected chi connectivity index (χ1v) is 4.68. The summed E-state index contributed by atoms with van der Waals surface area (Å²) in [4.78, 5) is 0. The first kappa shape index (κ1) is 11.4. The molecule has 0 aliphatic carbocycles. The summed E-state index contributed by atoms with van der Waals surface area (Å²) in [6.07, 6.45) is 5.32. The molecule has 0 aliphatic heterocycles. The molecule has 0 fully saturated rings. The number of hydrogen-bond acceptors (Lipinski definition) is 3. The molecule has 3 N–H and O–H groups in total. The summed E-state index contributed by atoms with van der Waals surface area (Å²) in [6.45, 7) is 4.22. The molecular weight excluding hydrogens is 190 g/mol. The largest absolute Gasteiger partial charge is 0.508 e. The number of phenolic OH excluding ortho intramolecular Hbond substituents is 2. The zero-order valence-electron chi connectivity index (χ0n) is 8.91. The van der Waals surface area contributed by atoms with Crippen molar-refractivity contribution in [2.45, 2.75) is 25.9 Å². The average Bonchev–Trinajstić information content (AvgIpc) is 2.16. The highest BCUT2D eigenvalue weighted by atomic mass is 16.3. The Morgan fingerprint density at radius 2 is 2.07 bits per heavy atom. The number of hydrogen-bond donors (Lipinski definition) is 3. The summed E-state index contributed by atoms with van der Waals surface area (Å²) in [5, 5.41) is 21.7. The maximum Gasteiger partial charge on any atom is 0.123 e. The van der Waals surface area contributed by atoms with E-state index >= 15 is 0 Å². The zero-order valence-corrected chi connectivity index (χ0v) is 8.91. The number of phenols is 2. The van der Waals surface area contributed by atoms with Crippen LogP contribution in [-0.2, 0) is 6.54 Å². The number of terminal acetylenes is 1. The smallest absolute Gasteiger partial charge is 0.123 e. The lowest BCUT2D eigenvalue weighted by atomic mass is 10.1. The van der Waals surface area contributed by atoms with Crippen molar-refractivity contribution in [3.63, 3.8) is 0 Å². The number of nitrogens with one attached hydrogen (secondary N) is 1. The SMILES string of the molecule is C#CC(C)(C)NCc1ccc(O)cc1O. The van der Waals surface area contributed by atoms with Gasteiger partial charge in [0.15, 0.2) is 0 Å². The van der Waals surface area contributed by atoms with Crippen LogP contribution >= 0.6 is 0 Å². The van der Waals surface area contributed by atoms with Crippen molar-refractivity contribution < 1.29 is 10.2 Å². The topological polar surface area (TPSA) is 52.5 Å². The second-order valence-electron chi connectivity index (χ2n) is 3.94. The van der Waals surface area contributed by atoms with E-state index in [-0.39, 0.29) is 11.5 Å². The molecule has 0 aromatic heterocycles. The maximum atomic E-state index is 9.51. The lowest BCUT2D eigenvalue weighted by Crippen LogP contribution is -2.36. The Morgan fingerprint density at radius 3 is 2.60 bits per heavy atom. The fraction of sp³-hybridized carbons (Fsp3) is 0.333. The highest BCUT2D eigenvalue weighted by Crippen LogP contribution is 2.22. The van der Waals surface area contributed by atoms with Crippen molar-refractivity contribution in [3.05, 3.63) is 23.8 Å². The Morgan fingerprint density at radius 1 is 1.40 bits per heavy atom. The van der Waals surface area contributed by atoms with Crippen molar-refractivity contribution in [2.24, 2.45) is 0 Å².